The number of benzene rings is 3. The summed E-state index contributed by atoms with van der Waals surface area (Å²) in [6.45, 7) is 1.97. The molecule has 1 aliphatic rings. The second kappa shape index (κ2) is 11.9. The van der Waals surface area contributed by atoms with E-state index in [1.165, 1.54) is 0 Å². The average molecular weight is 433 g/mol. The molecule has 1 saturated carbocycles. The zero-order chi connectivity index (χ0) is 22.0. The highest BCUT2D eigenvalue weighted by Crippen LogP contribution is 2.32. The molecule has 0 heterocycles. The zero-order valence-electron chi connectivity index (χ0n) is 18.4. The fraction of sp³-hybridized carbons (Fsp3) is 0.357. The Labute approximate surface area is 190 Å². The molecule has 0 amide bonds. The fourth-order valence-electron chi connectivity index (χ4n) is 4.25. The van der Waals surface area contributed by atoms with E-state index in [1.807, 2.05) is 66.7 Å². The Balaban J connectivity index is 1.42. The summed E-state index contributed by atoms with van der Waals surface area (Å²) in [6, 6.07) is 30.4. The van der Waals surface area contributed by atoms with Gasteiger partial charge in [0.2, 0.25) is 0 Å². The number of hydrogen-bond donors (Lipinski definition) is 1. The van der Waals surface area contributed by atoms with Gasteiger partial charge in [-0.1, -0.05) is 91.0 Å². The van der Waals surface area contributed by atoms with E-state index in [1.54, 1.807) is 0 Å². The third-order valence-corrected chi connectivity index (χ3v) is 6.04. The van der Waals surface area contributed by atoms with Crippen molar-refractivity contribution in [3.63, 3.8) is 0 Å². The van der Waals surface area contributed by atoms with Crippen LogP contribution in [0.5, 0.6) is 0 Å². The molecule has 2 unspecified atom stereocenters. The maximum atomic E-state index is 10.8. The van der Waals surface area contributed by atoms with Crippen molar-refractivity contribution in [2.75, 3.05) is 6.61 Å². The first-order valence-electron chi connectivity index (χ1n) is 11.4. The van der Waals surface area contributed by atoms with E-state index in [0.717, 1.165) is 23.1 Å². The Morgan fingerprint density at radius 3 is 1.69 bits per heavy atom. The standard InChI is InChI=1S/C28H32O4/c29-26-16-17-27(31-19-23-12-6-2-7-13-23)28(32-20-24-14-8-3-9-15-24)25(26)21-30-18-22-10-4-1-5-11-22/h1-15,25-29H,16-21H2/t25-,26?,27?,28-/m0/s1. The number of aliphatic hydroxyl groups excluding tert-OH is 1. The van der Waals surface area contributed by atoms with E-state index in [2.05, 4.69) is 24.3 Å². The van der Waals surface area contributed by atoms with Crippen LogP contribution in [0.1, 0.15) is 29.5 Å². The van der Waals surface area contributed by atoms with Crippen LogP contribution in [0.2, 0.25) is 0 Å². The number of hydrogen-bond acceptors (Lipinski definition) is 4. The van der Waals surface area contributed by atoms with Gasteiger partial charge in [-0.05, 0) is 29.5 Å². The van der Waals surface area contributed by atoms with Gasteiger partial charge < -0.3 is 19.3 Å². The quantitative estimate of drug-likeness (QED) is 0.482. The average Bonchev–Trinajstić information content (AvgIpc) is 2.85. The SMILES string of the molecule is OC1CCC(OCc2ccccc2)[C@@H](OCc2ccccc2)[C@H]1COCc1ccccc1. The first-order chi connectivity index (χ1) is 15.8. The maximum Gasteiger partial charge on any atom is 0.0916 e. The monoisotopic (exact) mass is 432 g/mol. The molecule has 1 fully saturated rings. The third-order valence-electron chi connectivity index (χ3n) is 6.04. The molecular formula is C28H32O4. The van der Waals surface area contributed by atoms with Gasteiger partial charge in [0.05, 0.1) is 44.7 Å². The van der Waals surface area contributed by atoms with Crippen molar-refractivity contribution in [1.82, 2.24) is 0 Å². The van der Waals surface area contributed by atoms with E-state index in [-0.39, 0.29) is 18.1 Å². The number of rotatable bonds is 10. The minimum absolute atomic E-state index is 0.0901. The molecule has 4 nitrogen and oxygen atoms in total. The predicted molar refractivity (Wildman–Crippen MR) is 125 cm³/mol. The van der Waals surface area contributed by atoms with Gasteiger partial charge in [-0.3, -0.25) is 0 Å². The Morgan fingerprint density at radius 1 is 0.625 bits per heavy atom. The van der Waals surface area contributed by atoms with Crippen molar-refractivity contribution in [3.05, 3.63) is 108 Å². The summed E-state index contributed by atoms with van der Waals surface area (Å²) in [5.74, 6) is -0.142. The van der Waals surface area contributed by atoms with Crippen LogP contribution in [0, 0.1) is 5.92 Å². The Kier molecular flexibility index (Phi) is 8.46. The van der Waals surface area contributed by atoms with Crippen LogP contribution in [0.15, 0.2) is 91.0 Å². The lowest BCUT2D eigenvalue weighted by Crippen LogP contribution is -2.49. The lowest BCUT2D eigenvalue weighted by molar-refractivity contribution is -0.169. The first-order valence-corrected chi connectivity index (χ1v) is 11.4. The van der Waals surface area contributed by atoms with E-state index < -0.39 is 6.10 Å². The Hall–Kier alpha value is -2.50. The molecule has 3 aromatic rings. The highest BCUT2D eigenvalue weighted by atomic mass is 16.5. The van der Waals surface area contributed by atoms with E-state index >= 15 is 0 Å². The van der Waals surface area contributed by atoms with Gasteiger partial charge in [0.15, 0.2) is 0 Å². The van der Waals surface area contributed by atoms with Crippen molar-refractivity contribution >= 4 is 0 Å². The molecular weight excluding hydrogens is 400 g/mol. The van der Waals surface area contributed by atoms with Crippen LogP contribution in [0.25, 0.3) is 0 Å². The van der Waals surface area contributed by atoms with Crippen molar-refractivity contribution in [1.29, 1.82) is 0 Å². The summed E-state index contributed by atoms with van der Waals surface area (Å²) < 4.78 is 18.7. The summed E-state index contributed by atoms with van der Waals surface area (Å²) >= 11 is 0. The highest BCUT2D eigenvalue weighted by molar-refractivity contribution is 5.15. The van der Waals surface area contributed by atoms with Gasteiger partial charge in [0.25, 0.3) is 0 Å². The Bertz CT molecular complexity index is 900. The molecule has 0 aliphatic heterocycles. The summed E-state index contributed by atoms with van der Waals surface area (Å²) in [5, 5.41) is 10.8. The third kappa shape index (κ3) is 6.50. The van der Waals surface area contributed by atoms with E-state index in [0.29, 0.717) is 32.8 Å². The summed E-state index contributed by atoms with van der Waals surface area (Å²) in [7, 11) is 0. The summed E-state index contributed by atoms with van der Waals surface area (Å²) in [5.41, 5.74) is 3.37. The smallest absolute Gasteiger partial charge is 0.0916 e. The highest BCUT2D eigenvalue weighted by Gasteiger charge is 2.40. The van der Waals surface area contributed by atoms with Gasteiger partial charge in [-0.2, -0.15) is 0 Å². The second-order valence-electron chi connectivity index (χ2n) is 8.41. The molecule has 4 heteroatoms. The molecule has 4 atom stereocenters. The van der Waals surface area contributed by atoms with Crippen molar-refractivity contribution < 1.29 is 19.3 Å². The van der Waals surface area contributed by atoms with Gasteiger partial charge in [0, 0.05) is 5.92 Å². The molecule has 0 bridgehead atoms. The summed E-state index contributed by atoms with van der Waals surface area (Å²) in [4.78, 5) is 0. The molecule has 0 saturated heterocycles. The van der Waals surface area contributed by atoms with Crippen LogP contribution in [0.3, 0.4) is 0 Å². The zero-order valence-corrected chi connectivity index (χ0v) is 18.4. The minimum Gasteiger partial charge on any atom is -0.393 e. The second-order valence-corrected chi connectivity index (χ2v) is 8.41. The number of ether oxygens (including phenoxy) is 3. The molecule has 0 spiro atoms. The lowest BCUT2D eigenvalue weighted by atomic mass is 9.82. The molecule has 1 N–H and O–H groups in total. The van der Waals surface area contributed by atoms with Crippen molar-refractivity contribution in [3.8, 4) is 0 Å². The predicted octanol–water partition coefficient (Wildman–Crippen LogP) is 5.14. The van der Waals surface area contributed by atoms with E-state index in [9.17, 15) is 5.11 Å². The molecule has 0 aromatic heterocycles. The van der Waals surface area contributed by atoms with Gasteiger partial charge in [0.1, 0.15) is 0 Å². The van der Waals surface area contributed by atoms with Crippen molar-refractivity contribution in [2.24, 2.45) is 5.92 Å². The Morgan fingerprint density at radius 2 is 1.12 bits per heavy atom. The molecule has 3 aromatic carbocycles. The van der Waals surface area contributed by atoms with Crippen LogP contribution in [0.4, 0.5) is 0 Å². The van der Waals surface area contributed by atoms with Crippen molar-refractivity contribution in [2.45, 2.75) is 51.0 Å². The van der Waals surface area contributed by atoms with E-state index in [4.69, 9.17) is 14.2 Å². The van der Waals surface area contributed by atoms with Gasteiger partial charge >= 0.3 is 0 Å². The van der Waals surface area contributed by atoms with Crippen LogP contribution in [-0.2, 0) is 34.0 Å². The fourth-order valence-corrected chi connectivity index (χ4v) is 4.25. The van der Waals surface area contributed by atoms with Gasteiger partial charge in [-0.25, -0.2) is 0 Å². The molecule has 1 aliphatic carbocycles. The molecule has 4 rings (SSSR count). The van der Waals surface area contributed by atoms with Crippen LogP contribution >= 0.6 is 0 Å². The van der Waals surface area contributed by atoms with Crippen LogP contribution in [-0.4, -0.2) is 30.0 Å². The minimum atomic E-state index is -0.469. The first kappa shape index (κ1) is 22.7. The van der Waals surface area contributed by atoms with Gasteiger partial charge in [-0.15, -0.1) is 0 Å². The topological polar surface area (TPSA) is 47.9 Å². The van der Waals surface area contributed by atoms with Crippen LogP contribution < -0.4 is 0 Å². The normalized spacial score (nSPS) is 23.2. The molecule has 32 heavy (non-hydrogen) atoms. The largest absolute Gasteiger partial charge is 0.393 e. The lowest BCUT2D eigenvalue weighted by Gasteiger charge is -2.40. The molecule has 0 radical (unpaired) electrons. The molecule has 168 valence electrons. The maximum absolute atomic E-state index is 10.8. The summed E-state index contributed by atoms with van der Waals surface area (Å²) in [6.07, 6.45) is 0.654. The number of aliphatic hydroxyl groups is 1.